The van der Waals surface area contributed by atoms with Crippen molar-refractivity contribution < 1.29 is 4.79 Å². The summed E-state index contributed by atoms with van der Waals surface area (Å²) in [6.45, 7) is 5.32. The Morgan fingerprint density at radius 2 is 2.32 bits per heavy atom. The highest BCUT2D eigenvalue weighted by atomic mass is 16.2. The molecule has 1 aliphatic heterocycles. The molecule has 2 aliphatic carbocycles. The van der Waals surface area contributed by atoms with E-state index in [2.05, 4.69) is 32.0 Å². The highest BCUT2D eigenvalue weighted by molar-refractivity contribution is 5.78. The Bertz CT molecular complexity index is 615. The van der Waals surface area contributed by atoms with Crippen molar-refractivity contribution in [2.45, 2.75) is 44.7 Å². The van der Waals surface area contributed by atoms with Crippen LogP contribution in [-0.4, -0.2) is 52.6 Å². The maximum absolute atomic E-state index is 12.7. The van der Waals surface area contributed by atoms with Gasteiger partial charge in [0.05, 0.1) is 12.6 Å². The van der Waals surface area contributed by atoms with Gasteiger partial charge in [-0.2, -0.15) is 0 Å². The zero-order chi connectivity index (χ0) is 17.4. The molecule has 5 unspecified atom stereocenters. The molecule has 0 aromatic carbocycles. The maximum atomic E-state index is 12.7. The zero-order valence-corrected chi connectivity index (χ0v) is 15.4. The van der Waals surface area contributed by atoms with Crippen LogP contribution in [0.4, 0.5) is 0 Å². The van der Waals surface area contributed by atoms with E-state index in [4.69, 9.17) is 0 Å². The zero-order valence-electron chi connectivity index (χ0n) is 15.4. The van der Waals surface area contributed by atoms with Crippen LogP contribution in [0.25, 0.3) is 0 Å². The predicted molar refractivity (Wildman–Crippen MR) is 96.9 cm³/mol. The van der Waals surface area contributed by atoms with Crippen molar-refractivity contribution in [3.63, 3.8) is 0 Å². The van der Waals surface area contributed by atoms with Crippen molar-refractivity contribution in [2.75, 3.05) is 26.2 Å². The van der Waals surface area contributed by atoms with Gasteiger partial charge in [-0.3, -0.25) is 9.69 Å². The van der Waals surface area contributed by atoms with Crippen molar-refractivity contribution >= 4 is 5.91 Å². The van der Waals surface area contributed by atoms with Gasteiger partial charge in [0.1, 0.15) is 5.82 Å². The van der Waals surface area contributed by atoms with Crippen LogP contribution in [0.3, 0.4) is 0 Å². The first-order chi connectivity index (χ1) is 12.1. The summed E-state index contributed by atoms with van der Waals surface area (Å²) in [5.74, 6) is 3.66. The van der Waals surface area contributed by atoms with Crippen LogP contribution in [0, 0.1) is 17.8 Å². The fourth-order valence-electron chi connectivity index (χ4n) is 5.39. The van der Waals surface area contributed by atoms with E-state index in [-0.39, 0.29) is 11.9 Å². The normalized spacial score (nSPS) is 33.5. The van der Waals surface area contributed by atoms with Crippen LogP contribution >= 0.6 is 0 Å². The molecule has 2 bridgehead atoms. The lowest BCUT2D eigenvalue weighted by molar-refractivity contribution is -0.124. The fourth-order valence-corrected chi connectivity index (χ4v) is 5.39. The van der Waals surface area contributed by atoms with Crippen molar-refractivity contribution in [3.05, 3.63) is 18.2 Å². The SMILES string of the molecule is CC(NC(=O)CN1CCNCC1c1nccn1C)C1CC2CCC1C2. The summed E-state index contributed by atoms with van der Waals surface area (Å²) >= 11 is 0. The van der Waals surface area contributed by atoms with Crippen LogP contribution in [0.1, 0.15) is 44.5 Å². The second-order valence-corrected chi connectivity index (χ2v) is 8.28. The Balaban J connectivity index is 1.35. The number of nitrogens with one attached hydrogen (secondary N) is 2. The molecule has 0 spiro atoms. The number of piperazine rings is 1. The van der Waals surface area contributed by atoms with E-state index < -0.39 is 0 Å². The molecule has 3 fully saturated rings. The standard InChI is InChI=1S/C19H31N5O/c1-13(16-10-14-3-4-15(16)9-14)22-18(25)12-24-8-5-20-11-17(24)19-21-6-7-23(19)2/h6-7,13-17,20H,3-5,8-12H2,1-2H3,(H,22,25). The lowest BCUT2D eigenvalue weighted by Crippen LogP contribution is -2.51. The number of fused-ring (bicyclic) bond motifs is 2. The molecule has 138 valence electrons. The summed E-state index contributed by atoms with van der Waals surface area (Å²) < 4.78 is 2.06. The van der Waals surface area contributed by atoms with Gasteiger partial charge in [0, 0.05) is 45.1 Å². The van der Waals surface area contributed by atoms with Gasteiger partial charge in [-0.05, 0) is 43.9 Å². The average Bonchev–Trinajstić information content (AvgIpc) is 3.32. The molecular weight excluding hydrogens is 314 g/mol. The molecule has 1 aromatic rings. The minimum absolute atomic E-state index is 0.163. The summed E-state index contributed by atoms with van der Waals surface area (Å²) in [6, 6.07) is 0.467. The summed E-state index contributed by atoms with van der Waals surface area (Å²) in [5, 5.41) is 6.74. The van der Waals surface area contributed by atoms with Crippen molar-refractivity contribution in [2.24, 2.45) is 24.8 Å². The molecule has 0 radical (unpaired) electrons. The first-order valence-electron chi connectivity index (χ1n) is 9.83. The Morgan fingerprint density at radius 1 is 1.44 bits per heavy atom. The molecule has 2 N–H and O–H groups in total. The summed E-state index contributed by atoms with van der Waals surface area (Å²) in [6.07, 6.45) is 9.29. The summed E-state index contributed by atoms with van der Waals surface area (Å²) in [7, 11) is 2.02. The number of carbonyl (C=O) groups excluding carboxylic acids is 1. The quantitative estimate of drug-likeness (QED) is 0.845. The molecule has 1 amide bonds. The van der Waals surface area contributed by atoms with Crippen LogP contribution in [0.2, 0.25) is 0 Å². The van der Waals surface area contributed by atoms with Crippen LogP contribution < -0.4 is 10.6 Å². The summed E-state index contributed by atoms with van der Waals surface area (Å²) in [5.41, 5.74) is 0. The first kappa shape index (κ1) is 17.0. The largest absolute Gasteiger partial charge is 0.352 e. The Kier molecular flexibility index (Phi) is 4.82. The van der Waals surface area contributed by atoms with Crippen molar-refractivity contribution in [1.82, 2.24) is 25.1 Å². The van der Waals surface area contributed by atoms with E-state index in [0.717, 1.165) is 37.3 Å². The molecular formula is C19H31N5O. The molecule has 2 saturated carbocycles. The van der Waals surface area contributed by atoms with Gasteiger partial charge in [0.15, 0.2) is 0 Å². The first-order valence-corrected chi connectivity index (χ1v) is 9.83. The number of hydrogen-bond acceptors (Lipinski definition) is 4. The number of rotatable bonds is 5. The highest BCUT2D eigenvalue weighted by Gasteiger charge is 2.42. The Hall–Kier alpha value is -1.40. The molecule has 6 heteroatoms. The van der Waals surface area contributed by atoms with Crippen LogP contribution in [0.5, 0.6) is 0 Å². The maximum Gasteiger partial charge on any atom is 0.234 e. The third-order valence-corrected chi connectivity index (χ3v) is 6.68. The fraction of sp³-hybridized carbons (Fsp3) is 0.789. The number of hydrogen-bond donors (Lipinski definition) is 2. The molecule has 1 aromatic heterocycles. The van der Waals surface area contributed by atoms with Gasteiger partial charge >= 0.3 is 0 Å². The molecule has 6 nitrogen and oxygen atoms in total. The molecule has 3 aliphatic rings. The summed E-state index contributed by atoms with van der Waals surface area (Å²) in [4.78, 5) is 19.4. The molecule has 25 heavy (non-hydrogen) atoms. The monoisotopic (exact) mass is 345 g/mol. The van der Waals surface area contributed by atoms with E-state index in [1.54, 1.807) is 0 Å². The lowest BCUT2D eigenvalue weighted by atomic mass is 9.84. The Labute approximate surface area is 150 Å². The molecule has 2 heterocycles. The molecule has 5 atom stereocenters. The van der Waals surface area contributed by atoms with E-state index in [9.17, 15) is 4.79 Å². The minimum Gasteiger partial charge on any atom is -0.352 e. The number of imidazole rings is 1. The Morgan fingerprint density at radius 3 is 3.00 bits per heavy atom. The minimum atomic E-state index is 0.163. The average molecular weight is 345 g/mol. The van der Waals surface area contributed by atoms with E-state index >= 15 is 0 Å². The second-order valence-electron chi connectivity index (χ2n) is 8.28. The lowest BCUT2D eigenvalue weighted by Gasteiger charge is -2.36. The smallest absolute Gasteiger partial charge is 0.234 e. The molecule has 4 rings (SSSR count). The van der Waals surface area contributed by atoms with E-state index in [1.807, 2.05) is 19.4 Å². The van der Waals surface area contributed by atoms with Gasteiger partial charge in [-0.25, -0.2) is 4.98 Å². The third kappa shape index (κ3) is 3.47. The van der Waals surface area contributed by atoms with Gasteiger partial charge in [0.25, 0.3) is 0 Å². The van der Waals surface area contributed by atoms with Gasteiger partial charge in [-0.1, -0.05) is 6.42 Å². The third-order valence-electron chi connectivity index (χ3n) is 6.68. The van der Waals surface area contributed by atoms with Crippen molar-refractivity contribution in [3.8, 4) is 0 Å². The van der Waals surface area contributed by atoms with Crippen LogP contribution in [0.15, 0.2) is 12.4 Å². The van der Waals surface area contributed by atoms with Gasteiger partial charge in [0.2, 0.25) is 5.91 Å². The number of carbonyl (C=O) groups is 1. The van der Waals surface area contributed by atoms with Crippen molar-refractivity contribution in [1.29, 1.82) is 0 Å². The molecule has 1 saturated heterocycles. The number of aromatic nitrogens is 2. The highest BCUT2D eigenvalue weighted by Crippen LogP contribution is 2.49. The van der Waals surface area contributed by atoms with E-state index in [0.29, 0.717) is 18.5 Å². The van der Waals surface area contributed by atoms with E-state index in [1.165, 1.54) is 25.7 Å². The number of nitrogens with zero attached hydrogens (tertiary/aromatic N) is 3. The predicted octanol–water partition coefficient (Wildman–Crippen LogP) is 1.31. The van der Waals surface area contributed by atoms with Crippen LogP contribution in [-0.2, 0) is 11.8 Å². The van der Waals surface area contributed by atoms with Gasteiger partial charge in [-0.15, -0.1) is 0 Å². The number of amides is 1. The van der Waals surface area contributed by atoms with Gasteiger partial charge < -0.3 is 15.2 Å². The second kappa shape index (κ2) is 7.08. The number of aryl methyl sites for hydroxylation is 1. The topological polar surface area (TPSA) is 62.2 Å².